The number of carbonyl (C=O) groups is 1. The Labute approximate surface area is 150 Å². The molecule has 1 aromatic rings. The summed E-state index contributed by atoms with van der Waals surface area (Å²) in [5, 5.41) is 6.71. The molecule has 1 aliphatic heterocycles. The highest BCUT2D eigenvalue weighted by molar-refractivity contribution is 7.89. The summed E-state index contributed by atoms with van der Waals surface area (Å²) in [4.78, 5) is 12.4. The van der Waals surface area contributed by atoms with Gasteiger partial charge in [0.2, 0.25) is 15.9 Å². The Morgan fingerprint density at radius 1 is 1.36 bits per heavy atom. The van der Waals surface area contributed by atoms with Gasteiger partial charge < -0.3 is 9.84 Å². The fourth-order valence-electron chi connectivity index (χ4n) is 3.35. The third-order valence-electron chi connectivity index (χ3n) is 5.01. The summed E-state index contributed by atoms with van der Waals surface area (Å²) >= 11 is 0. The molecule has 1 saturated heterocycles. The molecule has 0 radical (unpaired) electrons. The first kappa shape index (κ1) is 19.9. The van der Waals surface area contributed by atoms with Crippen LogP contribution in [0.4, 0.5) is 0 Å². The molecule has 8 heteroatoms. The minimum Gasteiger partial charge on any atom is -0.360 e. The maximum atomic E-state index is 12.8. The van der Waals surface area contributed by atoms with Crippen LogP contribution in [0.25, 0.3) is 0 Å². The number of rotatable bonds is 7. The fourth-order valence-corrected chi connectivity index (χ4v) is 5.11. The van der Waals surface area contributed by atoms with Crippen LogP contribution < -0.4 is 5.32 Å². The lowest BCUT2D eigenvalue weighted by Crippen LogP contribution is -2.43. The lowest BCUT2D eigenvalue weighted by molar-refractivity contribution is -0.126. The van der Waals surface area contributed by atoms with Crippen molar-refractivity contribution in [3.63, 3.8) is 0 Å². The summed E-state index contributed by atoms with van der Waals surface area (Å²) in [6.45, 7) is 8.82. The molecule has 1 amide bonds. The van der Waals surface area contributed by atoms with Gasteiger partial charge in [0.25, 0.3) is 0 Å². The quantitative estimate of drug-likeness (QED) is 0.742. The van der Waals surface area contributed by atoms with E-state index in [0.29, 0.717) is 43.9 Å². The van der Waals surface area contributed by atoms with Gasteiger partial charge in [-0.15, -0.1) is 0 Å². The summed E-state index contributed by atoms with van der Waals surface area (Å²) in [5.41, 5.74) is 0.392. The molecule has 1 aromatic heterocycles. The van der Waals surface area contributed by atoms with Gasteiger partial charge in [0.15, 0.2) is 5.76 Å². The number of unbranched alkanes of at least 4 members (excludes halogenated alkanes) is 1. The van der Waals surface area contributed by atoms with Crippen molar-refractivity contribution < 1.29 is 17.7 Å². The average Bonchev–Trinajstić information content (AvgIpc) is 2.93. The number of hydrogen-bond acceptors (Lipinski definition) is 5. The summed E-state index contributed by atoms with van der Waals surface area (Å²) < 4.78 is 32.1. The molecule has 25 heavy (non-hydrogen) atoms. The Balaban J connectivity index is 1.96. The second-order valence-electron chi connectivity index (χ2n) is 6.83. The van der Waals surface area contributed by atoms with Crippen LogP contribution in [0.3, 0.4) is 0 Å². The Morgan fingerprint density at radius 3 is 2.52 bits per heavy atom. The van der Waals surface area contributed by atoms with Gasteiger partial charge in [-0.3, -0.25) is 4.79 Å². The molecule has 0 spiro atoms. The molecule has 0 saturated carbocycles. The minimum atomic E-state index is -3.59. The van der Waals surface area contributed by atoms with Crippen molar-refractivity contribution in [2.75, 3.05) is 19.6 Å². The molecule has 142 valence electrons. The highest BCUT2D eigenvalue weighted by atomic mass is 32.2. The van der Waals surface area contributed by atoms with Crippen molar-refractivity contribution in [2.45, 2.75) is 58.3 Å². The van der Waals surface area contributed by atoms with Crippen LogP contribution in [0.5, 0.6) is 0 Å². The Bertz CT molecular complexity index is 671. The first-order chi connectivity index (χ1) is 11.8. The zero-order valence-electron chi connectivity index (χ0n) is 15.5. The number of nitrogens with one attached hydrogen (secondary N) is 1. The monoisotopic (exact) mass is 371 g/mol. The predicted molar refractivity (Wildman–Crippen MR) is 94.5 cm³/mol. The number of hydrogen-bond donors (Lipinski definition) is 1. The van der Waals surface area contributed by atoms with Gasteiger partial charge in [-0.1, -0.05) is 25.4 Å². The van der Waals surface area contributed by atoms with Gasteiger partial charge in [0.1, 0.15) is 10.6 Å². The van der Waals surface area contributed by atoms with Crippen molar-refractivity contribution in [1.82, 2.24) is 14.8 Å². The van der Waals surface area contributed by atoms with Crippen LogP contribution in [0.15, 0.2) is 9.42 Å². The van der Waals surface area contributed by atoms with Gasteiger partial charge in [-0.25, -0.2) is 8.42 Å². The fraction of sp³-hybridized carbons (Fsp3) is 0.765. The molecule has 0 aliphatic carbocycles. The number of aryl methyl sites for hydroxylation is 2. The molecule has 2 rings (SSSR count). The number of aromatic nitrogens is 1. The van der Waals surface area contributed by atoms with E-state index in [1.54, 1.807) is 13.8 Å². The van der Waals surface area contributed by atoms with Crippen molar-refractivity contribution >= 4 is 15.9 Å². The predicted octanol–water partition coefficient (Wildman–Crippen LogP) is 2.24. The van der Waals surface area contributed by atoms with Gasteiger partial charge in [-0.2, -0.15) is 4.31 Å². The smallest absolute Gasteiger partial charge is 0.248 e. The molecule has 1 N–H and O–H groups in total. The summed E-state index contributed by atoms with van der Waals surface area (Å²) in [5.74, 6) is 0.502. The van der Waals surface area contributed by atoms with Crippen LogP contribution in [0.1, 0.15) is 51.0 Å². The third-order valence-corrected chi connectivity index (χ3v) is 7.16. The van der Waals surface area contributed by atoms with E-state index >= 15 is 0 Å². The van der Waals surface area contributed by atoms with Crippen molar-refractivity contribution in [3.05, 3.63) is 11.5 Å². The summed E-state index contributed by atoms with van der Waals surface area (Å²) in [6, 6.07) is 0. The highest BCUT2D eigenvalue weighted by Gasteiger charge is 2.36. The molecule has 0 bridgehead atoms. The van der Waals surface area contributed by atoms with Gasteiger partial charge in [-0.05, 0) is 39.0 Å². The maximum absolute atomic E-state index is 12.8. The van der Waals surface area contributed by atoms with Crippen LogP contribution in [-0.2, 0) is 14.8 Å². The minimum absolute atomic E-state index is 0.0699. The number of sulfonamides is 1. The van der Waals surface area contributed by atoms with Crippen LogP contribution in [0.2, 0.25) is 0 Å². The normalized spacial score (nSPS) is 18.2. The van der Waals surface area contributed by atoms with Gasteiger partial charge in [0.05, 0.1) is 0 Å². The lowest BCUT2D eigenvalue weighted by Gasteiger charge is -2.33. The molecule has 1 atom stereocenters. The number of piperidine rings is 1. The van der Waals surface area contributed by atoms with Crippen LogP contribution >= 0.6 is 0 Å². The van der Waals surface area contributed by atoms with E-state index in [-0.39, 0.29) is 22.6 Å². The van der Waals surface area contributed by atoms with E-state index in [4.69, 9.17) is 4.52 Å². The van der Waals surface area contributed by atoms with E-state index in [1.807, 2.05) is 6.92 Å². The molecule has 2 heterocycles. The zero-order valence-corrected chi connectivity index (χ0v) is 16.4. The van der Waals surface area contributed by atoms with Gasteiger partial charge in [0, 0.05) is 25.6 Å². The molecular formula is C17H29N3O4S. The highest BCUT2D eigenvalue weighted by Crippen LogP contribution is 2.30. The Kier molecular flexibility index (Phi) is 6.62. The third kappa shape index (κ3) is 4.41. The van der Waals surface area contributed by atoms with E-state index < -0.39 is 10.0 Å². The van der Waals surface area contributed by atoms with Crippen LogP contribution in [0, 0.1) is 25.7 Å². The number of carbonyl (C=O) groups excluding carboxylic acids is 1. The second kappa shape index (κ2) is 8.31. The Morgan fingerprint density at radius 2 is 2.00 bits per heavy atom. The largest absolute Gasteiger partial charge is 0.360 e. The van der Waals surface area contributed by atoms with E-state index in [9.17, 15) is 13.2 Å². The molecule has 7 nitrogen and oxygen atoms in total. The van der Waals surface area contributed by atoms with Crippen molar-refractivity contribution in [2.24, 2.45) is 11.8 Å². The SMILES string of the molecule is CCCCNC(=O)[C@@H](C)C1CCN(S(=O)(=O)c2c(C)noc2C)CC1. The summed E-state index contributed by atoms with van der Waals surface area (Å²) in [7, 11) is -3.59. The molecule has 0 aromatic carbocycles. The first-order valence-electron chi connectivity index (χ1n) is 8.99. The topological polar surface area (TPSA) is 92.5 Å². The van der Waals surface area contributed by atoms with E-state index in [2.05, 4.69) is 17.4 Å². The van der Waals surface area contributed by atoms with Crippen molar-refractivity contribution in [1.29, 1.82) is 0 Å². The van der Waals surface area contributed by atoms with Crippen molar-refractivity contribution in [3.8, 4) is 0 Å². The average molecular weight is 372 g/mol. The molecule has 1 fully saturated rings. The zero-order chi connectivity index (χ0) is 18.6. The lowest BCUT2D eigenvalue weighted by atomic mass is 9.85. The first-order valence-corrected chi connectivity index (χ1v) is 10.4. The van der Waals surface area contributed by atoms with Crippen LogP contribution in [-0.4, -0.2) is 43.4 Å². The maximum Gasteiger partial charge on any atom is 0.248 e. The second-order valence-corrected chi connectivity index (χ2v) is 8.70. The molecule has 0 unspecified atom stereocenters. The van der Waals surface area contributed by atoms with E-state index in [0.717, 1.165) is 12.8 Å². The van der Waals surface area contributed by atoms with E-state index in [1.165, 1.54) is 4.31 Å². The number of nitrogens with zero attached hydrogens (tertiary/aromatic N) is 2. The summed E-state index contributed by atoms with van der Waals surface area (Å²) in [6.07, 6.45) is 3.40. The molecule has 1 aliphatic rings. The van der Waals surface area contributed by atoms with Gasteiger partial charge >= 0.3 is 0 Å². The number of amides is 1. The Hall–Kier alpha value is -1.41. The molecular weight excluding hydrogens is 342 g/mol. The standard InChI is InChI=1S/C17H29N3O4S/c1-5-6-9-18-17(21)12(2)15-7-10-20(11-8-15)25(22,23)16-13(3)19-24-14(16)4/h12,15H,5-11H2,1-4H3,(H,18,21)/t12-/m0/s1.